The third kappa shape index (κ3) is 5.38. The molecule has 8 nitrogen and oxygen atoms in total. The summed E-state index contributed by atoms with van der Waals surface area (Å²) < 4.78 is 11.0. The molecule has 0 saturated carbocycles. The van der Waals surface area contributed by atoms with E-state index in [0.717, 1.165) is 12.8 Å². The van der Waals surface area contributed by atoms with Crippen LogP contribution in [0.15, 0.2) is 24.4 Å². The summed E-state index contributed by atoms with van der Waals surface area (Å²) in [5, 5.41) is 10.6. The number of hydrogen-bond donors (Lipinski definition) is 1. The van der Waals surface area contributed by atoms with Crippen LogP contribution in [0.1, 0.15) is 46.5 Å². The second-order valence-corrected chi connectivity index (χ2v) is 8.62. The highest BCUT2D eigenvalue weighted by atomic mass is 16.6. The lowest BCUT2D eigenvalue weighted by atomic mass is 10.1. The third-order valence-electron chi connectivity index (χ3n) is 5.23. The Morgan fingerprint density at radius 3 is 2.62 bits per heavy atom. The Labute approximate surface area is 171 Å². The van der Waals surface area contributed by atoms with E-state index in [-0.39, 0.29) is 18.6 Å². The first-order valence-corrected chi connectivity index (χ1v) is 10.3. The Kier molecular flexibility index (Phi) is 6.62. The fraction of sp³-hybridized carbons (Fsp3) is 0.667. The summed E-state index contributed by atoms with van der Waals surface area (Å²) in [4.78, 5) is 33.1. The monoisotopic (exact) mass is 405 g/mol. The van der Waals surface area contributed by atoms with Crippen molar-refractivity contribution >= 4 is 12.0 Å². The molecule has 29 heavy (non-hydrogen) atoms. The Morgan fingerprint density at radius 2 is 1.93 bits per heavy atom. The zero-order valence-corrected chi connectivity index (χ0v) is 17.4. The number of amides is 2. The third-order valence-corrected chi connectivity index (χ3v) is 5.23. The normalized spacial score (nSPS) is 23.2. The first kappa shape index (κ1) is 21.4. The smallest absolute Gasteiger partial charge is 0.410 e. The molecular weight excluding hydrogens is 374 g/mol. The van der Waals surface area contributed by atoms with E-state index in [1.54, 1.807) is 23.2 Å². The van der Waals surface area contributed by atoms with Crippen molar-refractivity contribution in [1.29, 1.82) is 0 Å². The van der Waals surface area contributed by atoms with E-state index in [4.69, 9.17) is 9.47 Å². The van der Waals surface area contributed by atoms with E-state index in [1.807, 2.05) is 26.8 Å². The molecule has 0 spiro atoms. The number of ether oxygens (including phenoxy) is 2. The number of nitrogens with zero attached hydrogens (tertiary/aromatic N) is 3. The molecule has 0 aromatic carbocycles. The second kappa shape index (κ2) is 8.98. The van der Waals surface area contributed by atoms with Crippen molar-refractivity contribution in [3.05, 3.63) is 24.4 Å². The van der Waals surface area contributed by atoms with Crippen molar-refractivity contribution in [1.82, 2.24) is 14.8 Å². The number of rotatable bonds is 5. The summed E-state index contributed by atoms with van der Waals surface area (Å²) in [6.07, 6.45) is 3.25. The molecule has 3 atom stereocenters. The van der Waals surface area contributed by atoms with Crippen LogP contribution in [0.4, 0.5) is 4.79 Å². The van der Waals surface area contributed by atoms with Gasteiger partial charge in [0.25, 0.3) is 0 Å². The van der Waals surface area contributed by atoms with Crippen LogP contribution in [-0.2, 0) is 9.53 Å². The van der Waals surface area contributed by atoms with Gasteiger partial charge in [0.2, 0.25) is 11.8 Å². The lowest BCUT2D eigenvalue weighted by molar-refractivity contribution is -0.139. The van der Waals surface area contributed by atoms with Crippen molar-refractivity contribution in [3.8, 4) is 5.88 Å². The Balaban J connectivity index is 1.62. The van der Waals surface area contributed by atoms with Crippen LogP contribution in [0.25, 0.3) is 0 Å². The quantitative estimate of drug-likeness (QED) is 0.808. The highest BCUT2D eigenvalue weighted by Gasteiger charge is 2.43. The van der Waals surface area contributed by atoms with Gasteiger partial charge < -0.3 is 19.5 Å². The minimum Gasteiger partial charge on any atom is -0.475 e. The van der Waals surface area contributed by atoms with Gasteiger partial charge in [0.1, 0.15) is 24.4 Å². The molecule has 3 rings (SSSR count). The highest BCUT2D eigenvalue weighted by Crippen LogP contribution is 2.27. The first-order chi connectivity index (χ1) is 13.8. The molecule has 0 aliphatic carbocycles. The lowest BCUT2D eigenvalue weighted by Crippen LogP contribution is -2.53. The van der Waals surface area contributed by atoms with E-state index in [2.05, 4.69) is 4.98 Å². The molecular formula is C21H31N3O5. The number of likely N-dealkylation sites (tertiary alicyclic amines) is 2. The molecule has 2 fully saturated rings. The topological polar surface area (TPSA) is 92.2 Å². The van der Waals surface area contributed by atoms with Gasteiger partial charge in [-0.25, -0.2) is 9.78 Å². The number of hydrogen-bond acceptors (Lipinski definition) is 6. The van der Waals surface area contributed by atoms with Gasteiger partial charge in [-0.2, -0.15) is 0 Å². The average molecular weight is 405 g/mol. The highest BCUT2D eigenvalue weighted by molar-refractivity contribution is 5.86. The first-order valence-electron chi connectivity index (χ1n) is 10.3. The Morgan fingerprint density at radius 1 is 1.21 bits per heavy atom. The maximum atomic E-state index is 13.2. The van der Waals surface area contributed by atoms with Gasteiger partial charge in [-0.05, 0) is 52.5 Å². The molecule has 1 aromatic rings. The number of carbonyl (C=O) groups excluding carboxylic acids is 2. The molecule has 1 aromatic heterocycles. The van der Waals surface area contributed by atoms with Gasteiger partial charge in [0.05, 0.1) is 6.04 Å². The number of aliphatic hydroxyl groups is 1. The van der Waals surface area contributed by atoms with Crippen LogP contribution in [-0.4, -0.2) is 75.4 Å². The maximum Gasteiger partial charge on any atom is 0.410 e. The Hall–Kier alpha value is -2.35. The number of aromatic nitrogens is 1. The van der Waals surface area contributed by atoms with Gasteiger partial charge in [0.15, 0.2) is 0 Å². The predicted molar refractivity (Wildman–Crippen MR) is 106 cm³/mol. The minimum atomic E-state index is -0.820. The number of pyridine rings is 1. The van der Waals surface area contributed by atoms with Crippen molar-refractivity contribution < 1.29 is 24.2 Å². The second-order valence-electron chi connectivity index (χ2n) is 8.62. The van der Waals surface area contributed by atoms with Crippen LogP contribution >= 0.6 is 0 Å². The molecule has 2 aliphatic heterocycles. The van der Waals surface area contributed by atoms with E-state index < -0.39 is 23.8 Å². The molecule has 0 bridgehead atoms. The molecule has 1 unspecified atom stereocenters. The predicted octanol–water partition coefficient (Wildman–Crippen LogP) is 2.21. The van der Waals surface area contributed by atoms with Crippen molar-refractivity contribution in [3.63, 3.8) is 0 Å². The summed E-state index contributed by atoms with van der Waals surface area (Å²) in [7, 11) is 0. The van der Waals surface area contributed by atoms with E-state index in [1.165, 1.54) is 4.90 Å². The number of carbonyl (C=O) groups is 2. The van der Waals surface area contributed by atoms with Crippen molar-refractivity contribution in [2.75, 3.05) is 19.7 Å². The maximum absolute atomic E-state index is 13.2. The standard InChI is InChI=1S/C21H31N3O5/c1-21(2,3)29-20(27)24-13-7-9-16(24)19(26)23-12-6-8-15(23)17(25)14-28-18-10-4-5-11-22-18/h4-5,10-11,15-17,25H,6-9,12-14H2,1-3H3/t15-,16+,17?/m0/s1. The molecule has 2 aliphatic rings. The zero-order chi connectivity index (χ0) is 21.0. The van der Waals surface area contributed by atoms with Crippen LogP contribution in [0, 0.1) is 0 Å². The van der Waals surface area contributed by atoms with Gasteiger partial charge in [-0.3, -0.25) is 9.69 Å². The van der Waals surface area contributed by atoms with E-state index >= 15 is 0 Å². The molecule has 1 N–H and O–H groups in total. The SMILES string of the molecule is CC(C)(C)OC(=O)N1CCC[C@@H]1C(=O)N1CCC[C@H]1C(O)COc1ccccn1. The molecule has 3 heterocycles. The molecule has 160 valence electrons. The van der Waals surface area contributed by atoms with E-state index in [0.29, 0.717) is 31.8 Å². The summed E-state index contributed by atoms with van der Waals surface area (Å²) in [5.41, 5.74) is -0.609. The minimum absolute atomic E-state index is 0.0614. The lowest BCUT2D eigenvalue weighted by Gasteiger charge is -2.34. The Bertz CT molecular complexity index is 706. The molecule has 2 amide bonds. The zero-order valence-electron chi connectivity index (χ0n) is 17.4. The summed E-state index contributed by atoms with van der Waals surface area (Å²) in [6, 6.07) is 4.47. The average Bonchev–Trinajstić information content (AvgIpc) is 3.34. The largest absolute Gasteiger partial charge is 0.475 e. The van der Waals surface area contributed by atoms with Crippen molar-refractivity contribution in [2.24, 2.45) is 0 Å². The van der Waals surface area contributed by atoms with Gasteiger partial charge in [-0.15, -0.1) is 0 Å². The van der Waals surface area contributed by atoms with Crippen LogP contribution in [0.5, 0.6) is 5.88 Å². The molecule has 2 saturated heterocycles. The van der Waals surface area contributed by atoms with E-state index in [9.17, 15) is 14.7 Å². The fourth-order valence-electron chi connectivity index (χ4n) is 3.93. The summed E-state index contributed by atoms with van der Waals surface area (Å²) in [5.74, 6) is 0.321. The van der Waals surface area contributed by atoms with Gasteiger partial charge >= 0.3 is 6.09 Å². The fourth-order valence-corrected chi connectivity index (χ4v) is 3.93. The van der Waals surface area contributed by atoms with Crippen LogP contribution in [0.2, 0.25) is 0 Å². The molecule has 0 radical (unpaired) electrons. The van der Waals surface area contributed by atoms with Gasteiger partial charge in [0, 0.05) is 25.4 Å². The van der Waals surface area contributed by atoms with Crippen LogP contribution in [0.3, 0.4) is 0 Å². The number of aliphatic hydroxyl groups excluding tert-OH is 1. The van der Waals surface area contributed by atoms with Crippen molar-refractivity contribution in [2.45, 2.75) is 70.2 Å². The van der Waals surface area contributed by atoms with Gasteiger partial charge in [-0.1, -0.05) is 6.07 Å². The summed E-state index contributed by atoms with van der Waals surface area (Å²) >= 11 is 0. The molecule has 8 heteroatoms. The summed E-state index contributed by atoms with van der Waals surface area (Å²) in [6.45, 7) is 6.58. The van der Waals surface area contributed by atoms with Crippen LogP contribution < -0.4 is 4.74 Å².